The van der Waals surface area contributed by atoms with Gasteiger partial charge in [0.15, 0.2) is 0 Å². The first-order chi connectivity index (χ1) is 8.72. The fourth-order valence-electron chi connectivity index (χ4n) is 2.82. The topological polar surface area (TPSA) is 41.0 Å². The van der Waals surface area contributed by atoms with E-state index in [9.17, 15) is 0 Å². The number of hydrogen-bond acceptors (Lipinski definition) is 4. The maximum atomic E-state index is 4.44. The van der Waals surface area contributed by atoms with Crippen LogP contribution in [0.5, 0.6) is 0 Å². The number of nitrogens with one attached hydrogen (secondary N) is 1. The largest absolute Gasteiger partial charge is 0.352 e. The van der Waals surface area contributed by atoms with E-state index in [1.54, 1.807) is 6.33 Å². The number of anilines is 1. The van der Waals surface area contributed by atoms with Gasteiger partial charge < -0.3 is 10.2 Å². The fraction of sp³-hybridized carbons (Fsp3) is 0.714. The molecule has 0 spiro atoms. The van der Waals surface area contributed by atoms with E-state index in [2.05, 4.69) is 40.1 Å². The predicted molar refractivity (Wildman–Crippen MR) is 74.9 cm³/mol. The Balaban J connectivity index is 2.17. The lowest BCUT2D eigenvalue weighted by molar-refractivity contribution is 0.370. The lowest BCUT2D eigenvalue weighted by Gasteiger charge is -2.40. The van der Waals surface area contributed by atoms with Crippen LogP contribution in [-0.2, 0) is 0 Å². The molecule has 4 heteroatoms. The molecule has 1 fully saturated rings. The molecule has 1 aliphatic heterocycles. The van der Waals surface area contributed by atoms with Gasteiger partial charge in [0.1, 0.15) is 12.1 Å². The minimum Gasteiger partial charge on any atom is -0.352 e. The molecule has 1 saturated heterocycles. The number of piperidine rings is 1. The summed E-state index contributed by atoms with van der Waals surface area (Å²) < 4.78 is 0. The summed E-state index contributed by atoms with van der Waals surface area (Å²) in [6.07, 6.45) is 5.50. The maximum Gasteiger partial charge on any atom is 0.132 e. The maximum absolute atomic E-state index is 4.44. The minimum absolute atomic E-state index is 0.505. The third-order valence-corrected chi connectivity index (χ3v) is 3.74. The molecule has 0 bridgehead atoms. The van der Waals surface area contributed by atoms with E-state index in [1.807, 2.05) is 6.92 Å². The summed E-state index contributed by atoms with van der Waals surface area (Å²) in [4.78, 5) is 11.1. The van der Waals surface area contributed by atoms with Crippen molar-refractivity contribution in [3.05, 3.63) is 18.1 Å². The normalized spacial score (nSPS) is 21.9. The van der Waals surface area contributed by atoms with Crippen molar-refractivity contribution in [2.45, 2.75) is 52.1 Å². The first-order valence-electron chi connectivity index (χ1n) is 7.01. The molecular formula is C14H24N4. The van der Waals surface area contributed by atoms with Gasteiger partial charge in [0.05, 0.1) is 0 Å². The van der Waals surface area contributed by atoms with Crippen LogP contribution in [0, 0.1) is 6.92 Å². The first-order valence-corrected chi connectivity index (χ1v) is 7.01. The number of likely N-dealkylation sites (N-methyl/N-ethyl adjacent to an activating group) is 1. The van der Waals surface area contributed by atoms with Crippen LogP contribution in [0.25, 0.3) is 0 Å². The molecule has 4 nitrogen and oxygen atoms in total. The molecule has 1 N–H and O–H groups in total. The van der Waals surface area contributed by atoms with Gasteiger partial charge in [-0.15, -0.1) is 0 Å². The Morgan fingerprint density at radius 2 is 2.28 bits per heavy atom. The highest BCUT2D eigenvalue weighted by Gasteiger charge is 2.27. The van der Waals surface area contributed by atoms with Crippen LogP contribution in [0.3, 0.4) is 0 Å². The summed E-state index contributed by atoms with van der Waals surface area (Å²) in [5, 5.41) is 3.54. The molecule has 0 saturated carbocycles. The second-order valence-corrected chi connectivity index (χ2v) is 5.12. The summed E-state index contributed by atoms with van der Waals surface area (Å²) in [6, 6.07) is 3.15. The molecule has 18 heavy (non-hydrogen) atoms. The van der Waals surface area contributed by atoms with E-state index in [0.717, 1.165) is 24.6 Å². The van der Waals surface area contributed by atoms with Crippen molar-refractivity contribution in [3.63, 3.8) is 0 Å². The number of rotatable bonds is 4. The van der Waals surface area contributed by atoms with Crippen molar-refractivity contribution < 1.29 is 0 Å². The van der Waals surface area contributed by atoms with Crippen molar-refractivity contribution in [1.82, 2.24) is 15.3 Å². The average molecular weight is 248 g/mol. The van der Waals surface area contributed by atoms with Crippen molar-refractivity contribution in [1.29, 1.82) is 0 Å². The smallest absolute Gasteiger partial charge is 0.132 e. The van der Waals surface area contributed by atoms with E-state index in [4.69, 9.17) is 0 Å². The number of aryl methyl sites for hydroxylation is 1. The summed E-state index contributed by atoms with van der Waals surface area (Å²) >= 11 is 0. The first kappa shape index (κ1) is 13.3. The van der Waals surface area contributed by atoms with Crippen LogP contribution < -0.4 is 10.2 Å². The Hall–Kier alpha value is -1.16. The van der Waals surface area contributed by atoms with Gasteiger partial charge in [-0.05, 0) is 39.7 Å². The van der Waals surface area contributed by atoms with E-state index in [-0.39, 0.29) is 0 Å². The fourth-order valence-corrected chi connectivity index (χ4v) is 2.82. The predicted octanol–water partition coefficient (Wildman–Crippen LogP) is 2.14. The van der Waals surface area contributed by atoms with E-state index in [0.29, 0.717) is 12.1 Å². The van der Waals surface area contributed by atoms with Crippen LogP contribution in [-0.4, -0.2) is 35.1 Å². The van der Waals surface area contributed by atoms with Crippen LogP contribution in [0.4, 0.5) is 5.82 Å². The quantitative estimate of drug-likeness (QED) is 0.886. The zero-order valence-corrected chi connectivity index (χ0v) is 11.7. The van der Waals surface area contributed by atoms with Crippen LogP contribution in [0.1, 0.15) is 38.8 Å². The zero-order chi connectivity index (χ0) is 13.0. The summed E-state index contributed by atoms with van der Waals surface area (Å²) in [5.41, 5.74) is 1.04. The van der Waals surface area contributed by atoms with Crippen molar-refractivity contribution in [2.24, 2.45) is 0 Å². The molecule has 0 aliphatic carbocycles. The Kier molecular flexibility index (Phi) is 4.53. The summed E-state index contributed by atoms with van der Waals surface area (Å²) in [5.74, 6) is 1.08. The molecule has 1 aromatic rings. The van der Waals surface area contributed by atoms with Crippen LogP contribution >= 0.6 is 0 Å². The number of nitrogens with zero attached hydrogens (tertiary/aromatic N) is 3. The molecular weight excluding hydrogens is 224 g/mol. The Morgan fingerprint density at radius 1 is 1.44 bits per heavy atom. The second kappa shape index (κ2) is 6.14. The number of aromatic nitrogens is 2. The van der Waals surface area contributed by atoms with Crippen molar-refractivity contribution >= 4 is 5.82 Å². The summed E-state index contributed by atoms with van der Waals surface area (Å²) in [6.45, 7) is 8.60. The van der Waals surface area contributed by atoms with E-state index < -0.39 is 0 Å². The Labute approximate surface area is 110 Å². The molecule has 2 atom stereocenters. The highest BCUT2D eigenvalue weighted by atomic mass is 15.2. The van der Waals surface area contributed by atoms with Crippen LogP contribution in [0.15, 0.2) is 12.4 Å². The molecule has 0 radical (unpaired) electrons. The molecule has 0 amide bonds. The molecule has 2 rings (SSSR count). The monoisotopic (exact) mass is 248 g/mol. The van der Waals surface area contributed by atoms with Gasteiger partial charge in [-0.25, -0.2) is 9.97 Å². The average Bonchev–Trinajstić information content (AvgIpc) is 2.39. The summed E-state index contributed by atoms with van der Waals surface area (Å²) in [7, 11) is 0. The van der Waals surface area contributed by atoms with E-state index >= 15 is 0 Å². The highest BCUT2D eigenvalue weighted by molar-refractivity contribution is 5.41. The third-order valence-electron chi connectivity index (χ3n) is 3.74. The zero-order valence-electron chi connectivity index (χ0n) is 11.7. The standard InChI is InChI=1S/C14H24N4/c1-4-15-12(3)13-7-5-6-8-18(13)14-9-11(2)16-10-17-14/h9-10,12-13,15H,4-8H2,1-3H3. The third kappa shape index (κ3) is 2.99. The molecule has 0 aromatic carbocycles. The molecule has 2 heterocycles. The Morgan fingerprint density at radius 3 is 3.00 bits per heavy atom. The van der Waals surface area contributed by atoms with Gasteiger partial charge in [0.25, 0.3) is 0 Å². The molecule has 1 aromatic heterocycles. The lowest BCUT2D eigenvalue weighted by atomic mass is 9.96. The van der Waals surface area contributed by atoms with Crippen molar-refractivity contribution in [3.8, 4) is 0 Å². The van der Waals surface area contributed by atoms with Crippen LogP contribution in [0.2, 0.25) is 0 Å². The SMILES string of the molecule is CCNC(C)C1CCCCN1c1cc(C)ncn1. The van der Waals surface area contributed by atoms with Gasteiger partial charge in [-0.1, -0.05) is 6.92 Å². The Bertz CT molecular complexity index is 380. The molecule has 100 valence electrons. The molecule has 2 unspecified atom stereocenters. The highest BCUT2D eigenvalue weighted by Crippen LogP contribution is 2.25. The van der Waals surface area contributed by atoms with Gasteiger partial charge in [-0.2, -0.15) is 0 Å². The van der Waals surface area contributed by atoms with Gasteiger partial charge in [0.2, 0.25) is 0 Å². The number of hydrogen-bond donors (Lipinski definition) is 1. The molecule has 1 aliphatic rings. The van der Waals surface area contributed by atoms with Crippen molar-refractivity contribution in [2.75, 3.05) is 18.0 Å². The van der Waals surface area contributed by atoms with Gasteiger partial charge in [-0.3, -0.25) is 0 Å². The minimum atomic E-state index is 0.505. The second-order valence-electron chi connectivity index (χ2n) is 5.12. The van der Waals surface area contributed by atoms with Gasteiger partial charge >= 0.3 is 0 Å². The lowest BCUT2D eigenvalue weighted by Crippen LogP contribution is -2.51. The van der Waals surface area contributed by atoms with E-state index in [1.165, 1.54) is 19.3 Å². The van der Waals surface area contributed by atoms with Gasteiger partial charge in [0, 0.05) is 30.4 Å².